The Hall–Kier alpha value is -1.16. The summed E-state index contributed by atoms with van der Waals surface area (Å²) < 4.78 is 0. The normalized spacial score (nSPS) is 11.2. The van der Waals surface area contributed by atoms with E-state index >= 15 is 0 Å². The van der Waals surface area contributed by atoms with E-state index in [0.29, 0.717) is 16.0 Å². The van der Waals surface area contributed by atoms with Crippen molar-refractivity contribution in [2.24, 2.45) is 0 Å². The lowest BCUT2D eigenvalue weighted by atomic mass is 10.1. The molecule has 3 aromatic rings. The number of nitrogens with zero attached hydrogens (tertiary/aromatic N) is 2. The van der Waals surface area contributed by atoms with Crippen molar-refractivity contribution in [3.05, 3.63) is 44.9 Å². The Morgan fingerprint density at radius 1 is 1.00 bits per heavy atom. The molecule has 0 radical (unpaired) electrons. The van der Waals surface area contributed by atoms with Gasteiger partial charge in [0.05, 0.1) is 20.8 Å². The number of aromatic nitrogens is 2. The van der Waals surface area contributed by atoms with E-state index < -0.39 is 0 Å². The first-order valence-electron chi connectivity index (χ1n) is 5.75. The van der Waals surface area contributed by atoms with Gasteiger partial charge in [-0.25, -0.2) is 9.97 Å². The van der Waals surface area contributed by atoms with E-state index in [0.717, 1.165) is 21.3 Å². The molecule has 2 heterocycles. The zero-order chi connectivity index (χ0) is 13.6. The van der Waals surface area contributed by atoms with Crippen LogP contribution in [0.3, 0.4) is 0 Å². The molecular weight excluding hydrogens is 299 g/mol. The summed E-state index contributed by atoms with van der Waals surface area (Å²) in [7, 11) is 0. The third-order valence-electron chi connectivity index (χ3n) is 2.92. The number of halogens is 2. The van der Waals surface area contributed by atoms with E-state index in [-0.39, 0.29) is 0 Å². The average Bonchev–Trinajstić information content (AvgIpc) is 2.80. The van der Waals surface area contributed by atoms with Gasteiger partial charge in [-0.3, -0.25) is 0 Å². The Morgan fingerprint density at radius 3 is 2.47 bits per heavy atom. The number of aryl methyl sites for hydroxylation is 2. The van der Waals surface area contributed by atoms with Crippen LogP contribution < -0.4 is 0 Å². The predicted octanol–water partition coefficient (Wildman–Crippen LogP) is 5.28. The molecule has 3 rings (SSSR count). The molecule has 2 nitrogen and oxygen atoms in total. The highest BCUT2D eigenvalue weighted by Gasteiger charge is 2.13. The minimum atomic E-state index is 0.403. The summed E-state index contributed by atoms with van der Waals surface area (Å²) in [6, 6.07) is 7.82. The smallest absolute Gasteiger partial charge is 0.171 e. The molecule has 2 aromatic heterocycles. The number of rotatable bonds is 1. The van der Waals surface area contributed by atoms with E-state index in [9.17, 15) is 0 Å². The molecule has 0 unspecified atom stereocenters. The highest BCUT2D eigenvalue weighted by molar-refractivity contribution is 7.15. The zero-order valence-corrected chi connectivity index (χ0v) is 12.7. The van der Waals surface area contributed by atoms with Gasteiger partial charge in [-0.2, -0.15) is 0 Å². The second-order valence-corrected chi connectivity index (χ2v) is 6.39. The highest BCUT2D eigenvalue weighted by atomic mass is 35.5. The predicted molar refractivity (Wildman–Crippen MR) is 82.3 cm³/mol. The van der Waals surface area contributed by atoms with Crippen molar-refractivity contribution in [2.45, 2.75) is 13.8 Å². The van der Waals surface area contributed by atoms with Gasteiger partial charge in [-0.15, -0.1) is 11.3 Å². The molecule has 0 spiro atoms. The van der Waals surface area contributed by atoms with Gasteiger partial charge in [-0.05, 0) is 37.6 Å². The van der Waals surface area contributed by atoms with Gasteiger partial charge in [0.15, 0.2) is 5.82 Å². The number of hydrogen-bond acceptors (Lipinski definition) is 3. The van der Waals surface area contributed by atoms with E-state index in [1.165, 1.54) is 4.88 Å². The molecule has 0 bridgehead atoms. The molecule has 0 atom stereocenters. The van der Waals surface area contributed by atoms with Crippen LogP contribution in [0.2, 0.25) is 10.2 Å². The highest BCUT2D eigenvalue weighted by Crippen LogP contribution is 2.33. The minimum absolute atomic E-state index is 0.403. The molecule has 1 aromatic carbocycles. The van der Waals surface area contributed by atoms with Gasteiger partial charge in [0, 0.05) is 4.88 Å². The lowest BCUT2D eigenvalue weighted by Gasteiger charge is -2.07. The fourth-order valence-electron chi connectivity index (χ4n) is 1.96. The van der Waals surface area contributed by atoms with E-state index in [4.69, 9.17) is 23.2 Å². The summed E-state index contributed by atoms with van der Waals surface area (Å²) in [6.45, 7) is 4.05. The van der Waals surface area contributed by atoms with Crippen LogP contribution in [0, 0.1) is 13.8 Å². The molecule has 0 fully saturated rings. The monoisotopic (exact) mass is 308 g/mol. The van der Waals surface area contributed by atoms with Crippen LogP contribution >= 0.6 is 34.5 Å². The van der Waals surface area contributed by atoms with Gasteiger partial charge in [0.25, 0.3) is 0 Å². The lowest BCUT2D eigenvalue weighted by Crippen LogP contribution is -1.93. The zero-order valence-electron chi connectivity index (χ0n) is 10.4. The molecule has 0 aliphatic rings. The van der Waals surface area contributed by atoms with E-state index in [2.05, 4.69) is 16.9 Å². The topological polar surface area (TPSA) is 25.8 Å². The molecule has 5 heteroatoms. The summed E-state index contributed by atoms with van der Waals surface area (Å²) >= 11 is 14.1. The van der Waals surface area contributed by atoms with E-state index in [1.54, 1.807) is 11.3 Å². The van der Waals surface area contributed by atoms with Crippen molar-refractivity contribution >= 4 is 45.4 Å². The van der Waals surface area contributed by atoms with Crippen molar-refractivity contribution in [3.8, 4) is 10.7 Å². The maximum Gasteiger partial charge on any atom is 0.171 e. The molecule has 0 aliphatic carbocycles. The fraction of sp³-hybridized carbons (Fsp3) is 0.143. The first-order valence-corrected chi connectivity index (χ1v) is 7.32. The van der Waals surface area contributed by atoms with Gasteiger partial charge in [-0.1, -0.05) is 29.3 Å². The number of benzene rings is 1. The van der Waals surface area contributed by atoms with Crippen molar-refractivity contribution in [3.63, 3.8) is 0 Å². The summed E-state index contributed by atoms with van der Waals surface area (Å²) in [6.07, 6.45) is 0. The van der Waals surface area contributed by atoms with Crippen molar-refractivity contribution in [2.75, 3.05) is 0 Å². The molecule has 0 amide bonds. The van der Waals surface area contributed by atoms with Crippen molar-refractivity contribution in [1.82, 2.24) is 9.97 Å². The number of fused-ring (bicyclic) bond motifs is 1. The summed E-state index contributed by atoms with van der Waals surface area (Å²) in [5, 5.41) is 1.71. The molecule has 0 N–H and O–H groups in total. The standard InChI is InChI=1S/C14H10Cl2N2S/c1-7-3-5-9(15)11-12(7)17-14(18-13(11)16)10-6-4-8(2)19-10/h3-6H,1-2H3. The Kier molecular flexibility index (Phi) is 3.21. The summed E-state index contributed by atoms with van der Waals surface area (Å²) in [5.41, 5.74) is 1.85. The molecule has 0 saturated carbocycles. The Morgan fingerprint density at radius 2 is 1.79 bits per heavy atom. The fourth-order valence-corrected chi connectivity index (χ4v) is 3.32. The average molecular weight is 309 g/mol. The molecular formula is C14H10Cl2N2S. The molecule has 96 valence electrons. The maximum atomic E-state index is 6.27. The Balaban J connectivity index is 2.33. The van der Waals surface area contributed by atoms with E-state index in [1.807, 2.05) is 31.2 Å². The van der Waals surface area contributed by atoms with Crippen LogP contribution in [0.4, 0.5) is 0 Å². The quantitative estimate of drug-likeness (QED) is 0.571. The summed E-state index contributed by atoms with van der Waals surface area (Å²) in [4.78, 5) is 11.2. The Labute approximate surface area is 125 Å². The number of thiophene rings is 1. The van der Waals surface area contributed by atoms with Crippen molar-refractivity contribution < 1.29 is 0 Å². The van der Waals surface area contributed by atoms with Crippen LogP contribution in [0.25, 0.3) is 21.6 Å². The maximum absolute atomic E-state index is 6.27. The van der Waals surface area contributed by atoms with Crippen molar-refractivity contribution in [1.29, 1.82) is 0 Å². The van der Waals surface area contributed by atoms with Gasteiger partial charge in [0.2, 0.25) is 0 Å². The summed E-state index contributed by atoms with van der Waals surface area (Å²) in [5.74, 6) is 0.654. The lowest BCUT2D eigenvalue weighted by molar-refractivity contribution is 1.23. The SMILES string of the molecule is Cc1ccc(-c2nc(Cl)c3c(Cl)ccc(C)c3n2)s1. The third-order valence-corrected chi connectivity index (χ3v) is 4.50. The third kappa shape index (κ3) is 2.22. The first-order chi connectivity index (χ1) is 9.06. The number of hydrogen-bond donors (Lipinski definition) is 0. The second-order valence-electron chi connectivity index (χ2n) is 4.34. The Bertz CT molecular complexity index is 780. The van der Waals surface area contributed by atoms with Crippen LogP contribution in [0.5, 0.6) is 0 Å². The molecule has 0 saturated heterocycles. The van der Waals surface area contributed by atoms with Crippen LogP contribution in [0.15, 0.2) is 24.3 Å². The van der Waals surface area contributed by atoms with Gasteiger partial charge < -0.3 is 0 Å². The van der Waals surface area contributed by atoms with Crippen LogP contribution in [0.1, 0.15) is 10.4 Å². The first kappa shape index (κ1) is 12.9. The second kappa shape index (κ2) is 4.75. The van der Waals surface area contributed by atoms with Gasteiger partial charge >= 0.3 is 0 Å². The largest absolute Gasteiger partial charge is 0.227 e. The van der Waals surface area contributed by atoms with Crippen LogP contribution in [-0.4, -0.2) is 9.97 Å². The molecule has 0 aliphatic heterocycles. The van der Waals surface area contributed by atoms with Gasteiger partial charge in [0.1, 0.15) is 5.15 Å². The minimum Gasteiger partial charge on any atom is -0.227 e. The molecule has 19 heavy (non-hydrogen) atoms. The van der Waals surface area contributed by atoms with Crippen LogP contribution in [-0.2, 0) is 0 Å².